The van der Waals surface area contributed by atoms with E-state index in [2.05, 4.69) is 147 Å². The summed E-state index contributed by atoms with van der Waals surface area (Å²) in [6, 6.07) is 32.5. The fraction of sp³-hybridized carbons (Fsp3) is 0.191. The lowest BCUT2D eigenvalue weighted by molar-refractivity contribution is 0.648. The zero-order valence-corrected chi connectivity index (χ0v) is 27.2. The van der Waals surface area contributed by atoms with E-state index in [4.69, 9.17) is 0 Å². The van der Waals surface area contributed by atoms with Gasteiger partial charge in [0.2, 0.25) is 0 Å². The highest BCUT2D eigenvalue weighted by atomic mass is 14.4. The standard InChI is InChI=1S/C47H38/c1-47(2)42-28-32(25-26-41(42)45-35-17-7-5-15-33(35)34-16-6-12-22-40(34)46(45)47)44-38-20-10-8-18-36(38)43(37-19-9-11-21-39(37)44)31-24-23-29-13-3-4-14-30(29)27-31/h3-4,7-14,17-28,36,43H,5-6,15-16H2,1-2H3. The number of allylic oxidation sites excluding steroid dienone is 7. The lowest BCUT2D eigenvalue weighted by Gasteiger charge is -2.37. The van der Waals surface area contributed by atoms with Crippen molar-refractivity contribution in [2.45, 2.75) is 50.9 Å². The van der Waals surface area contributed by atoms with E-state index in [9.17, 15) is 0 Å². The Balaban J connectivity index is 1.18. The molecule has 226 valence electrons. The molecule has 0 heteroatoms. The summed E-state index contributed by atoms with van der Waals surface area (Å²) in [6.07, 6.45) is 23.6. The van der Waals surface area contributed by atoms with Crippen molar-refractivity contribution in [3.05, 3.63) is 183 Å². The van der Waals surface area contributed by atoms with E-state index in [0.717, 1.165) is 19.3 Å². The van der Waals surface area contributed by atoms with Crippen molar-refractivity contribution in [2.24, 2.45) is 5.92 Å². The van der Waals surface area contributed by atoms with E-state index in [1.807, 2.05) is 0 Å². The molecular weight excluding hydrogens is 565 g/mol. The first-order valence-corrected chi connectivity index (χ1v) is 17.5. The van der Waals surface area contributed by atoms with Gasteiger partial charge in [-0.1, -0.05) is 141 Å². The van der Waals surface area contributed by atoms with Crippen LogP contribution in [0.3, 0.4) is 0 Å². The molecule has 0 aliphatic heterocycles. The van der Waals surface area contributed by atoms with E-state index in [1.165, 1.54) is 84.0 Å². The van der Waals surface area contributed by atoms with Crippen molar-refractivity contribution < 1.29 is 0 Å². The average molecular weight is 603 g/mol. The average Bonchev–Trinajstić information content (AvgIpc) is 3.36. The monoisotopic (exact) mass is 602 g/mol. The van der Waals surface area contributed by atoms with Gasteiger partial charge in [0.15, 0.2) is 0 Å². The van der Waals surface area contributed by atoms with E-state index >= 15 is 0 Å². The lowest BCUT2D eigenvalue weighted by Crippen LogP contribution is -2.23. The van der Waals surface area contributed by atoms with Gasteiger partial charge in [-0.3, -0.25) is 0 Å². The second-order valence-electron chi connectivity index (χ2n) is 14.6. The molecule has 2 unspecified atom stereocenters. The third-order valence-electron chi connectivity index (χ3n) is 11.8. The van der Waals surface area contributed by atoms with Crippen LogP contribution in [-0.2, 0) is 18.3 Å². The predicted octanol–water partition coefficient (Wildman–Crippen LogP) is 11.8. The van der Waals surface area contributed by atoms with E-state index in [1.54, 1.807) is 11.1 Å². The molecule has 10 rings (SSSR count). The van der Waals surface area contributed by atoms with Crippen LogP contribution in [0.2, 0.25) is 0 Å². The molecule has 0 saturated heterocycles. The van der Waals surface area contributed by atoms with Gasteiger partial charge in [-0.2, -0.15) is 0 Å². The second-order valence-corrected chi connectivity index (χ2v) is 14.6. The number of benzene rings is 5. The Bertz CT molecular complexity index is 2330. The molecule has 0 amide bonds. The third-order valence-corrected chi connectivity index (χ3v) is 11.8. The van der Waals surface area contributed by atoms with Crippen LogP contribution in [0.1, 0.15) is 88.2 Å². The van der Waals surface area contributed by atoms with Gasteiger partial charge < -0.3 is 0 Å². The first kappa shape index (κ1) is 27.2. The normalized spacial score (nSPS) is 20.8. The summed E-state index contributed by atoms with van der Waals surface area (Å²) in [7, 11) is 0. The number of hydrogen-bond donors (Lipinski definition) is 0. The summed E-state index contributed by atoms with van der Waals surface area (Å²) >= 11 is 0. The summed E-state index contributed by atoms with van der Waals surface area (Å²) in [4.78, 5) is 0. The maximum absolute atomic E-state index is 2.56. The Hall–Kier alpha value is -4.94. The number of hydrogen-bond acceptors (Lipinski definition) is 0. The van der Waals surface area contributed by atoms with Gasteiger partial charge in [0.25, 0.3) is 0 Å². The fourth-order valence-electron chi connectivity index (χ4n) is 9.75. The Kier molecular flexibility index (Phi) is 5.80. The minimum absolute atomic E-state index is 0.0818. The van der Waals surface area contributed by atoms with Gasteiger partial charge in [0.05, 0.1) is 0 Å². The SMILES string of the molecule is CC1(C)c2cc(C3=C4C=CC=CC4C(c4ccc5ccccc5c4)c4ccccc43)ccc2-c2c3c(c4c(c21)C=CCC4)CCC=C3. The van der Waals surface area contributed by atoms with Crippen LogP contribution in [0, 0.1) is 5.92 Å². The Morgan fingerprint density at radius 3 is 2.30 bits per heavy atom. The van der Waals surface area contributed by atoms with Crippen LogP contribution in [0.4, 0.5) is 0 Å². The zero-order valence-electron chi connectivity index (χ0n) is 27.2. The molecule has 0 spiro atoms. The van der Waals surface area contributed by atoms with Crippen LogP contribution >= 0.6 is 0 Å². The molecule has 0 N–H and O–H groups in total. The van der Waals surface area contributed by atoms with Crippen molar-refractivity contribution in [1.82, 2.24) is 0 Å². The molecule has 5 aliphatic carbocycles. The van der Waals surface area contributed by atoms with E-state index < -0.39 is 0 Å². The molecule has 2 atom stereocenters. The maximum atomic E-state index is 2.56. The minimum atomic E-state index is -0.0818. The second kappa shape index (κ2) is 10.0. The topological polar surface area (TPSA) is 0 Å². The molecule has 5 aromatic carbocycles. The summed E-state index contributed by atoms with van der Waals surface area (Å²) in [5, 5.41) is 2.61. The van der Waals surface area contributed by atoms with E-state index in [-0.39, 0.29) is 17.3 Å². The maximum Gasteiger partial charge on any atom is 0.0199 e. The highest BCUT2D eigenvalue weighted by molar-refractivity contribution is 5.96. The highest BCUT2D eigenvalue weighted by Crippen LogP contribution is 2.57. The largest absolute Gasteiger partial charge is 0.0836 e. The van der Waals surface area contributed by atoms with Gasteiger partial charge in [-0.25, -0.2) is 0 Å². The van der Waals surface area contributed by atoms with Crippen LogP contribution in [-0.4, -0.2) is 0 Å². The lowest BCUT2D eigenvalue weighted by atomic mass is 9.66. The van der Waals surface area contributed by atoms with Crippen LogP contribution in [0.25, 0.3) is 39.6 Å². The zero-order chi connectivity index (χ0) is 31.3. The molecule has 47 heavy (non-hydrogen) atoms. The van der Waals surface area contributed by atoms with Crippen LogP contribution < -0.4 is 0 Å². The quantitative estimate of drug-likeness (QED) is 0.189. The molecule has 0 nitrogen and oxygen atoms in total. The molecule has 5 aliphatic rings. The van der Waals surface area contributed by atoms with Crippen molar-refractivity contribution in [1.29, 1.82) is 0 Å². The first-order chi connectivity index (χ1) is 23.1. The van der Waals surface area contributed by atoms with Gasteiger partial charge in [-0.15, -0.1) is 0 Å². The molecule has 0 heterocycles. The summed E-state index contributed by atoms with van der Waals surface area (Å²) in [5.74, 6) is 0.543. The molecule has 0 saturated carbocycles. The smallest absolute Gasteiger partial charge is 0.0199 e. The Labute approximate surface area is 278 Å². The summed E-state index contributed by atoms with van der Waals surface area (Å²) in [5.41, 5.74) is 20.4. The van der Waals surface area contributed by atoms with Crippen molar-refractivity contribution in [3.63, 3.8) is 0 Å². The van der Waals surface area contributed by atoms with Crippen molar-refractivity contribution >= 4 is 28.5 Å². The molecule has 5 aromatic rings. The molecule has 0 aromatic heterocycles. The summed E-state index contributed by atoms with van der Waals surface area (Å²) < 4.78 is 0. The highest BCUT2D eigenvalue weighted by Gasteiger charge is 2.42. The third kappa shape index (κ3) is 3.82. The number of fused-ring (bicyclic) bond motifs is 11. The van der Waals surface area contributed by atoms with Crippen LogP contribution in [0.15, 0.2) is 127 Å². The van der Waals surface area contributed by atoms with Gasteiger partial charge >= 0.3 is 0 Å². The van der Waals surface area contributed by atoms with Crippen molar-refractivity contribution in [2.75, 3.05) is 0 Å². The van der Waals surface area contributed by atoms with Crippen molar-refractivity contribution in [3.8, 4) is 11.1 Å². The first-order valence-electron chi connectivity index (χ1n) is 17.5. The van der Waals surface area contributed by atoms with Gasteiger partial charge in [0.1, 0.15) is 0 Å². The fourth-order valence-corrected chi connectivity index (χ4v) is 9.75. The van der Waals surface area contributed by atoms with E-state index in [0.29, 0.717) is 0 Å². The molecule has 0 bridgehead atoms. The van der Waals surface area contributed by atoms with Gasteiger partial charge in [-0.05, 0) is 120 Å². The van der Waals surface area contributed by atoms with Crippen LogP contribution in [0.5, 0.6) is 0 Å². The minimum Gasteiger partial charge on any atom is -0.0836 e. The Morgan fingerprint density at radius 1 is 0.660 bits per heavy atom. The molecular formula is C47H38. The molecule has 0 fully saturated rings. The Morgan fingerprint density at radius 2 is 1.43 bits per heavy atom. The molecule has 0 radical (unpaired) electrons. The van der Waals surface area contributed by atoms with Gasteiger partial charge in [0, 0.05) is 17.3 Å². The predicted molar refractivity (Wildman–Crippen MR) is 199 cm³/mol. The summed E-state index contributed by atoms with van der Waals surface area (Å²) in [6.45, 7) is 4.94. The number of rotatable bonds is 2.